The van der Waals surface area contributed by atoms with Crippen molar-refractivity contribution in [2.75, 3.05) is 32.7 Å². The van der Waals surface area contributed by atoms with E-state index in [-0.39, 0.29) is 39.0 Å². The van der Waals surface area contributed by atoms with Crippen LogP contribution in [0.5, 0.6) is 0 Å². The molecule has 0 saturated carbocycles. The zero-order valence-electron chi connectivity index (χ0n) is 20.5. The summed E-state index contributed by atoms with van der Waals surface area (Å²) in [6.45, 7) is 3.51. The normalized spacial score (nSPS) is 19.8. The fraction of sp³-hybridized carbons (Fsp3) is 0.310. The minimum atomic E-state index is -0.600. The van der Waals surface area contributed by atoms with E-state index in [2.05, 4.69) is 10.2 Å². The van der Waals surface area contributed by atoms with Crippen LogP contribution in [-0.2, 0) is 0 Å². The molecule has 3 atom stereocenters. The van der Waals surface area contributed by atoms with E-state index in [1.165, 1.54) is 30.3 Å². The van der Waals surface area contributed by atoms with Crippen molar-refractivity contribution in [2.45, 2.75) is 12.5 Å². The molecule has 2 heterocycles. The van der Waals surface area contributed by atoms with Crippen LogP contribution in [0, 0.1) is 23.5 Å². The lowest BCUT2D eigenvalue weighted by Gasteiger charge is -2.25. The third-order valence-electron chi connectivity index (χ3n) is 7.44. The molecular formula is C29H27Cl2F2N3O2. The van der Waals surface area contributed by atoms with Crippen molar-refractivity contribution in [1.82, 2.24) is 15.1 Å². The molecule has 2 aliphatic heterocycles. The van der Waals surface area contributed by atoms with Gasteiger partial charge in [0, 0.05) is 32.7 Å². The molecule has 2 aliphatic rings. The van der Waals surface area contributed by atoms with Gasteiger partial charge in [0.05, 0.1) is 27.2 Å². The van der Waals surface area contributed by atoms with Crippen molar-refractivity contribution in [3.63, 3.8) is 0 Å². The molecule has 0 aliphatic carbocycles. The predicted octanol–water partition coefficient (Wildman–Crippen LogP) is 5.84. The van der Waals surface area contributed by atoms with Crippen molar-refractivity contribution in [3.05, 3.63) is 105 Å². The zero-order chi connectivity index (χ0) is 26.8. The summed E-state index contributed by atoms with van der Waals surface area (Å²) in [5.74, 6) is -1.22. The summed E-state index contributed by atoms with van der Waals surface area (Å²) in [6.07, 6.45) is 0.668. The van der Waals surface area contributed by atoms with Crippen LogP contribution in [0.4, 0.5) is 8.78 Å². The largest absolute Gasteiger partial charge is 0.345 e. The number of amides is 2. The molecule has 5 nitrogen and oxygen atoms in total. The topological polar surface area (TPSA) is 52.7 Å². The summed E-state index contributed by atoms with van der Waals surface area (Å²) in [7, 11) is 0. The zero-order valence-corrected chi connectivity index (χ0v) is 22.1. The third-order valence-corrected chi connectivity index (χ3v) is 8.07. The molecule has 0 spiro atoms. The molecule has 2 amide bonds. The van der Waals surface area contributed by atoms with Crippen molar-refractivity contribution < 1.29 is 18.4 Å². The Hall–Kier alpha value is -3.00. The first kappa shape index (κ1) is 26.6. The molecule has 0 aromatic heterocycles. The summed E-state index contributed by atoms with van der Waals surface area (Å²) in [5.41, 5.74) is 1.13. The lowest BCUT2D eigenvalue weighted by molar-refractivity contribution is 0.0769. The minimum Gasteiger partial charge on any atom is -0.345 e. The lowest BCUT2D eigenvalue weighted by Crippen LogP contribution is -2.35. The van der Waals surface area contributed by atoms with Crippen molar-refractivity contribution in [3.8, 4) is 0 Å². The summed E-state index contributed by atoms with van der Waals surface area (Å²) < 4.78 is 27.7. The van der Waals surface area contributed by atoms with Gasteiger partial charge in [0.1, 0.15) is 11.6 Å². The summed E-state index contributed by atoms with van der Waals surface area (Å²) in [6, 6.07) is 17.4. The first-order valence-corrected chi connectivity index (χ1v) is 13.3. The Kier molecular flexibility index (Phi) is 7.98. The Labute approximate surface area is 230 Å². The van der Waals surface area contributed by atoms with Gasteiger partial charge in [-0.15, -0.1) is 0 Å². The quantitative estimate of drug-likeness (QED) is 0.397. The molecule has 5 rings (SSSR count). The third kappa shape index (κ3) is 5.70. The van der Waals surface area contributed by atoms with Gasteiger partial charge in [-0.25, -0.2) is 8.78 Å². The van der Waals surface area contributed by atoms with Gasteiger partial charge >= 0.3 is 0 Å². The molecule has 2 saturated heterocycles. The van der Waals surface area contributed by atoms with Crippen LogP contribution in [0.3, 0.4) is 0 Å². The second kappa shape index (κ2) is 11.4. The Balaban J connectivity index is 1.20. The predicted molar refractivity (Wildman–Crippen MR) is 143 cm³/mol. The van der Waals surface area contributed by atoms with E-state index in [1.54, 1.807) is 4.90 Å². The molecule has 2 unspecified atom stereocenters. The minimum absolute atomic E-state index is 0.0614. The average molecular weight is 558 g/mol. The summed E-state index contributed by atoms with van der Waals surface area (Å²) in [4.78, 5) is 30.0. The van der Waals surface area contributed by atoms with E-state index in [1.807, 2.05) is 30.3 Å². The van der Waals surface area contributed by atoms with Gasteiger partial charge in [-0.2, -0.15) is 0 Å². The number of likely N-dealkylation sites (tertiary alicyclic amines) is 2. The number of fused-ring (bicyclic) bond motifs is 1. The van der Waals surface area contributed by atoms with E-state index in [0.717, 1.165) is 31.3 Å². The van der Waals surface area contributed by atoms with E-state index < -0.39 is 11.6 Å². The SMILES string of the molecule is O=C(N[C@@H](CCN1CC2CN(C(=O)c3c(F)cccc3Cl)CC2C1)c1ccccc1)c1ccc(F)cc1Cl. The summed E-state index contributed by atoms with van der Waals surface area (Å²) in [5, 5.41) is 3.26. The molecule has 9 heteroatoms. The molecule has 3 aromatic carbocycles. The van der Waals surface area contributed by atoms with Crippen molar-refractivity contribution in [1.29, 1.82) is 0 Å². The van der Waals surface area contributed by atoms with Crippen LogP contribution in [0.2, 0.25) is 10.0 Å². The smallest absolute Gasteiger partial charge is 0.258 e. The van der Waals surface area contributed by atoms with Crippen LogP contribution in [0.25, 0.3) is 0 Å². The van der Waals surface area contributed by atoms with Gasteiger partial charge in [-0.3, -0.25) is 9.59 Å². The van der Waals surface area contributed by atoms with Crippen LogP contribution in [0.1, 0.15) is 38.7 Å². The Morgan fingerprint density at radius 1 is 0.895 bits per heavy atom. The number of halogens is 4. The van der Waals surface area contributed by atoms with Gasteiger partial charge in [-0.1, -0.05) is 59.6 Å². The van der Waals surface area contributed by atoms with Gasteiger partial charge < -0.3 is 15.1 Å². The number of nitrogens with zero attached hydrogens (tertiary/aromatic N) is 2. The highest BCUT2D eigenvalue weighted by Gasteiger charge is 2.42. The van der Waals surface area contributed by atoms with E-state index in [0.29, 0.717) is 31.3 Å². The van der Waals surface area contributed by atoms with E-state index in [9.17, 15) is 18.4 Å². The number of hydrogen-bond donors (Lipinski definition) is 1. The Morgan fingerprint density at radius 3 is 2.26 bits per heavy atom. The highest BCUT2D eigenvalue weighted by molar-refractivity contribution is 6.34. The van der Waals surface area contributed by atoms with Gasteiger partial charge in [0.15, 0.2) is 0 Å². The summed E-state index contributed by atoms with van der Waals surface area (Å²) >= 11 is 12.2. The number of nitrogens with one attached hydrogen (secondary N) is 1. The highest BCUT2D eigenvalue weighted by Crippen LogP contribution is 2.34. The molecular weight excluding hydrogens is 531 g/mol. The molecule has 0 bridgehead atoms. The first-order chi connectivity index (χ1) is 18.3. The standard InChI is InChI=1S/C29H27Cl2F2N3O2/c30-23-7-4-8-25(33)27(23)29(38)36-16-19-14-35(15-20(19)17-36)12-11-26(18-5-2-1-3-6-18)34-28(37)22-10-9-21(32)13-24(22)31/h1-10,13,19-20,26H,11-12,14-17H2,(H,34,37)/t19?,20?,26-/m0/s1. The maximum atomic E-state index is 14.3. The number of carbonyl (C=O) groups is 2. The van der Waals surface area contributed by atoms with Crippen LogP contribution < -0.4 is 5.32 Å². The highest BCUT2D eigenvalue weighted by atomic mass is 35.5. The molecule has 0 radical (unpaired) electrons. The fourth-order valence-electron chi connectivity index (χ4n) is 5.53. The maximum absolute atomic E-state index is 14.3. The number of hydrogen-bond acceptors (Lipinski definition) is 3. The van der Waals surface area contributed by atoms with Gasteiger partial charge in [0.25, 0.3) is 11.8 Å². The lowest BCUT2D eigenvalue weighted by atomic mass is 10.0. The van der Waals surface area contributed by atoms with Gasteiger partial charge in [-0.05, 0) is 54.2 Å². The maximum Gasteiger partial charge on any atom is 0.258 e. The fourth-order valence-corrected chi connectivity index (χ4v) is 6.02. The van der Waals surface area contributed by atoms with E-state index in [4.69, 9.17) is 23.2 Å². The number of carbonyl (C=O) groups excluding carboxylic acids is 2. The Bertz CT molecular complexity index is 1310. The van der Waals surface area contributed by atoms with E-state index >= 15 is 0 Å². The van der Waals surface area contributed by atoms with Crippen LogP contribution >= 0.6 is 23.2 Å². The Morgan fingerprint density at radius 2 is 1.61 bits per heavy atom. The molecule has 1 N–H and O–H groups in total. The average Bonchev–Trinajstić information content (AvgIpc) is 3.46. The molecule has 3 aromatic rings. The monoisotopic (exact) mass is 557 g/mol. The molecule has 38 heavy (non-hydrogen) atoms. The number of rotatable bonds is 7. The molecule has 198 valence electrons. The number of benzene rings is 3. The van der Waals surface area contributed by atoms with Crippen molar-refractivity contribution in [2.24, 2.45) is 11.8 Å². The van der Waals surface area contributed by atoms with Crippen LogP contribution in [-0.4, -0.2) is 54.3 Å². The first-order valence-electron chi connectivity index (χ1n) is 12.6. The second-order valence-corrected chi connectivity index (χ2v) is 10.8. The van der Waals surface area contributed by atoms with Crippen molar-refractivity contribution >= 4 is 35.0 Å². The molecule has 2 fully saturated rings. The second-order valence-electron chi connectivity index (χ2n) is 9.94. The van der Waals surface area contributed by atoms with Crippen LogP contribution in [0.15, 0.2) is 66.7 Å². The van der Waals surface area contributed by atoms with Gasteiger partial charge in [0.2, 0.25) is 0 Å².